The summed E-state index contributed by atoms with van der Waals surface area (Å²) in [7, 11) is 0. The topological polar surface area (TPSA) is 43.3 Å². The van der Waals surface area contributed by atoms with Gasteiger partial charge in [0, 0.05) is 11.2 Å². The highest BCUT2D eigenvalue weighted by atomic mass is 32.2. The van der Waals surface area contributed by atoms with Gasteiger partial charge >= 0.3 is 6.18 Å². The molecule has 0 aliphatic rings. The Morgan fingerprint density at radius 3 is 1.68 bits per heavy atom. The van der Waals surface area contributed by atoms with Crippen molar-refractivity contribution in [3.8, 4) is 5.75 Å². The minimum atomic E-state index is -4.40. The summed E-state index contributed by atoms with van der Waals surface area (Å²) in [5.41, 5.74) is -0.779. The molecule has 0 fully saturated rings. The van der Waals surface area contributed by atoms with E-state index in [4.69, 9.17) is 5.11 Å². The number of hydrogen-bond acceptors (Lipinski definition) is 2. The summed E-state index contributed by atoms with van der Waals surface area (Å²) >= 11 is -1.57. The van der Waals surface area contributed by atoms with Gasteiger partial charge in [0.05, 0.1) is 5.56 Å². The van der Waals surface area contributed by atoms with E-state index in [0.29, 0.717) is 4.90 Å². The fraction of sp³-hybridized carbons (Fsp3) is 0.0769. The number of alkyl halides is 3. The van der Waals surface area contributed by atoms with Gasteiger partial charge in [-0.2, -0.15) is 13.2 Å². The maximum absolute atomic E-state index is 12.4. The molecule has 0 bridgehead atoms. The number of phenols is 1. The minimum absolute atomic E-state index is 0.0353. The van der Waals surface area contributed by atoms with Crippen LogP contribution in [-0.4, -0.2) is 9.66 Å². The molecular formula is C13H9F3O2S. The summed E-state index contributed by atoms with van der Waals surface area (Å²) in [5.74, 6) is 0.0353. The Labute approximate surface area is 110 Å². The monoisotopic (exact) mass is 286 g/mol. The van der Waals surface area contributed by atoms with Crippen LogP contribution >= 0.6 is 0 Å². The highest BCUT2D eigenvalue weighted by molar-refractivity contribution is 7.91. The van der Waals surface area contributed by atoms with Crippen LogP contribution in [0.5, 0.6) is 5.75 Å². The predicted molar refractivity (Wildman–Crippen MR) is 64.2 cm³/mol. The van der Waals surface area contributed by atoms with Gasteiger partial charge in [-0.05, 0) is 48.5 Å². The number of phenolic OH excluding ortho intramolecular Hbond substituents is 1. The van der Waals surface area contributed by atoms with Crippen molar-refractivity contribution in [2.45, 2.75) is 16.0 Å². The van der Waals surface area contributed by atoms with E-state index in [-0.39, 0.29) is 10.6 Å². The zero-order valence-corrected chi connectivity index (χ0v) is 10.3. The molecule has 2 nitrogen and oxygen atoms in total. The van der Waals surface area contributed by atoms with E-state index in [0.717, 1.165) is 12.1 Å². The maximum Gasteiger partial charge on any atom is 0.416 e. The third-order valence-electron chi connectivity index (χ3n) is 2.45. The van der Waals surface area contributed by atoms with Crippen molar-refractivity contribution in [1.82, 2.24) is 0 Å². The van der Waals surface area contributed by atoms with Crippen molar-refractivity contribution in [2.75, 3.05) is 0 Å². The first-order chi connectivity index (χ1) is 8.88. The van der Waals surface area contributed by atoms with Gasteiger partial charge in [-0.3, -0.25) is 0 Å². The molecule has 1 unspecified atom stereocenters. The Morgan fingerprint density at radius 2 is 1.26 bits per heavy atom. The van der Waals surface area contributed by atoms with Crippen molar-refractivity contribution in [1.29, 1.82) is 0 Å². The molecule has 2 aromatic carbocycles. The fourth-order valence-electron chi connectivity index (χ4n) is 1.47. The van der Waals surface area contributed by atoms with Gasteiger partial charge in [-0.25, -0.2) is 0 Å². The van der Waals surface area contributed by atoms with Crippen LogP contribution in [0, 0.1) is 0 Å². The smallest absolute Gasteiger partial charge is 0.416 e. The first-order valence-electron chi connectivity index (χ1n) is 5.26. The second-order valence-corrected chi connectivity index (χ2v) is 5.27. The van der Waals surface area contributed by atoms with Gasteiger partial charge in [-0.15, -0.1) is 0 Å². The van der Waals surface area contributed by atoms with E-state index in [9.17, 15) is 17.7 Å². The van der Waals surface area contributed by atoms with Crippen LogP contribution in [0.4, 0.5) is 13.2 Å². The van der Waals surface area contributed by atoms with Crippen LogP contribution in [0.2, 0.25) is 0 Å². The SMILES string of the molecule is [O-][S+](c1ccc(O)cc1)c1ccc(C(F)(F)F)cc1. The number of halogens is 3. The molecule has 0 aliphatic carbocycles. The van der Waals surface area contributed by atoms with Crippen LogP contribution in [0.25, 0.3) is 0 Å². The quantitative estimate of drug-likeness (QED) is 0.857. The summed E-state index contributed by atoms with van der Waals surface area (Å²) in [6, 6.07) is 9.83. The number of aromatic hydroxyl groups is 1. The molecule has 2 aromatic rings. The van der Waals surface area contributed by atoms with Crippen LogP contribution in [-0.2, 0) is 17.4 Å². The Balaban J connectivity index is 2.25. The molecular weight excluding hydrogens is 277 g/mol. The third kappa shape index (κ3) is 3.21. The molecule has 0 saturated heterocycles. The zero-order chi connectivity index (χ0) is 14.0. The minimum Gasteiger partial charge on any atom is -0.606 e. The van der Waals surface area contributed by atoms with Crippen LogP contribution < -0.4 is 0 Å². The summed E-state index contributed by atoms with van der Waals surface area (Å²) in [6.45, 7) is 0. The largest absolute Gasteiger partial charge is 0.606 e. The van der Waals surface area contributed by atoms with E-state index >= 15 is 0 Å². The van der Waals surface area contributed by atoms with E-state index in [2.05, 4.69) is 0 Å². The van der Waals surface area contributed by atoms with Gasteiger partial charge in [0.25, 0.3) is 0 Å². The summed E-state index contributed by atoms with van der Waals surface area (Å²) in [6.07, 6.45) is -4.40. The Hall–Kier alpha value is -1.66. The fourth-order valence-corrected chi connectivity index (χ4v) is 2.51. The first-order valence-corrected chi connectivity index (χ1v) is 6.41. The van der Waals surface area contributed by atoms with Crippen molar-refractivity contribution in [2.24, 2.45) is 0 Å². The van der Waals surface area contributed by atoms with E-state index in [1.54, 1.807) is 0 Å². The number of hydrogen-bond donors (Lipinski definition) is 1. The standard InChI is InChI=1S/C13H9F3O2S/c14-13(15,16)9-1-5-11(6-2-9)19(18)12-7-3-10(17)4-8-12/h1-8,17H. The van der Waals surface area contributed by atoms with Crippen LogP contribution in [0.3, 0.4) is 0 Å². The molecule has 6 heteroatoms. The van der Waals surface area contributed by atoms with Gasteiger partial charge in [0.2, 0.25) is 0 Å². The van der Waals surface area contributed by atoms with Crippen molar-refractivity contribution in [3.05, 3.63) is 54.1 Å². The van der Waals surface area contributed by atoms with Gasteiger partial charge in [-0.1, -0.05) is 0 Å². The van der Waals surface area contributed by atoms with E-state index < -0.39 is 22.9 Å². The lowest BCUT2D eigenvalue weighted by atomic mass is 10.2. The summed E-state index contributed by atoms with van der Waals surface area (Å²) in [4.78, 5) is 0.691. The molecule has 19 heavy (non-hydrogen) atoms. The number of rotatable bonds is 2. The van der Waals surface area contributed by atoms with E-state index in [1.165, 1.54) is 36.4 Å². The Bertz CT molecular complexity index is 550. The van der Waals surface area contributed by atoms with Crippen molar-refractivity contribution < 1.29 is 22.8 Å². The molecule has 1 N–H and O–H groups in total. The van der Waals surface area contributed by atoms with Gasteiger partial charge in [0.15, 0.2) is 9.79 Å². The average molecular weight is 286 g/mol. The maximum atomic E-state index is 12.4. The van der Waals surface area contributed by atoms with Crippen LogP contribution in [0.15, 0.2) is 58.3 Å². The molecule has 2 rings (SSSR count). The molecule has 0 aromatic heterocycles. The van der Waals surface area contributed by atoms with Crippen molar-refractivity contribution in [3.63, 3.8) is 0 Å². The third-order valence-corrected chi connectivity index (χ3v) is 3.85. The van der Waals surface area contributed by atoms with Crippen molar-refractivity contribution >= 4 is 11.2 Å². The molecule has 0 amide bonds. The Morgan fingerprint density at radius 1 is 0.842 bits per heavy atom. The molecule has 0 radical (unpaired) electrons. The molecule has 100 valence electrons. The van der Waals surface area contributed by atoms with Gasteiger partial charge in [0.1, 0.15) is 5.75 Å². The molecule has 0 aliphatic heterocycles. The molecule has 0 heterocycles. The lowest BCUT2D eigenvalue weighted by molar-refractivity contribution is -0.137. The summed E-state index contributed by atoms with van der Waals surface area (Å²) in [5, 5.41) is 9.11. The highest BCUT2D eigenvalue weighted by Gasteiger charge is 2.30. The van der Waals surface area contributed by atoms with Gasteiger partial charge < -0.3 is 9.66 Å². The zero-order valence-electron chi connectivity index (χ0n) is 9.52. The predicted octanol–water partition coefficient (Wildman–Crippen LogP) is 3.58. The Kier molecular flexibility index (Phi) is 3.73. The average Bonchev–Trinajstić information content (AvgIpc) is 2.38. The van der Waals surface area contributed by atoms with Crippen LogP contribution in [0.1, 0.15) is 5.56 Å². The first kappa shape index (κ1) is 13.8. The molecule has 0 saturated carbocycles. The lowest BCUT2D eigenvalue weighted by Crippen LogP contribution is -2.06. The second kappa shape index (κ2) is 5.14. The molecule has 0 spiro atoms. The summed E-state index contributed by atoms with van der Waals surface area (Å²) < 4.78 is 49.2. The normalized spacial score (nSPS) is 13.3. The highest BCUT2D eigenvalue weighted by Crippen LogP contribution is 2.31. The lowest BCUT2D eigenvalue weighted by Gasteiger charge is -2.11. The molecule has 1 atom stereocenters. The van der Waals surface area contributed by atoms with E-state index in [1.807, 2.05) is 0 Å². The number of benzene rings is 2. The second-order valence-electron chi connectivity index (χ2n) is 3.78.